The molecule has 1 aromatic rings. The van der Waals surface area contributed by atoms with Gasteiger partial charge < -0.3 is 10.2 Å². The molecule has 0 spiro atoms. The van der Waals surface area contributed by atoms with Crippen LogP contribution in [0.5, 0.6) is 0 Å². The van der Waals surface area contributed by atoms with Crippen molar-refractivity contribution in [1.29, 1.82) is 0 Å². The van der Waals surface area contributed by atoms with Crippen LogP contribution in [0.15, 0.2) is 6.33 Å². The van der Waals surface area contributed by atoms with Crippen LogP contribution in [0.3, 0.4) is 0 Å². The fraction of sp³-hybridized carbons (Fsp3) is 0.750. The summed E-state index contributed by atoms with van der Waals surface area (Å²) >= 11 is 0. The van der Waals surface area contributed by atoms with E-state index in [1.54, 1.807) is 6.33 Å². The van der Waals surface area contributed by atoms with E-state index in [2.05, 4.69) is 27.1 Å². The number of nitrogens with one attached hydrogen (secondary N) is 1. The van der Waals surface area contributed by atoms with Crippen LogP contribution in [0.25, 0.3) is 0 Å². The van der Waals surface area contributed by atoms with Crippen molar-refractivity contribution in [3.8, 4) is 0 Å². The van der Waals surface area contributed by atoms with Crippen LogP contribution >= 0.6 is 0 Å². The Morgan fingerprint density at radius 1 is 1.30 bits per heavy atom. The van der Waals surface area contributed by atoms with Gasteiger partial charge in [0.25, 0.3) is 0 Å². The van der Waals surface area contributed by atoms with E-state index in [9.17, 15) is 0 Å². The molecule has 0 radical (unpaired) electrons. The Morgan fingerprint density at radius 2 is 2.25 bits per heavy atom. The lowest BCUT2D eigenvalue weighted by molar-refractivity contribution is 0.567. The quantitative estimate of drug-likeness (QED) is 0.864. The van der Waals surface area contributed by atoms with Crippen LogP contribution in [0.4, 0.5) is 5.82 Å². The molecule has 4 heteroatoms. The highest BCUT2D eigenvalue weighted by Crippen LogP contribution is 2.28. The minimum absolute atomic E-state index is 0.638. The zero-order chi connectivity index (χ0) is 13.8. The fourth-order valence-corrected chi connectivity index (χ4v) is 3.43. The Hall–Kier alpha value is -1.16. The molecule has 1 unspecified atom stereocenters. The summed E-state index contributed by atoms with van der Waals surface area (Å²) in [5.74, 6) is 1.22. The molecule has 110 valence electrons. The standard InChI is InChI=1S/C16H26N4/c1-2-3-10-20(11-13-6-5-9-17-13)16-14-7-4-8-15(14)18-12-19-16/h12-13,17H,2-11H2,1H3. The molecular weight excluding hydrogens is 248 g/mol. The molecule has 0 amide bonds. The third-order valence-electron chi connectivity index (χ3n) is 4.54. The van der Waals surface area contributed by atoms with Crippen LogP contribution in [0.2, 0.25) is 0 Å². The van der Waals surface area contributed by atoms with E-state index in [-0.39, 0.29) is 0 Å². The average Bonchev–Trinajstić information content (AvgIpc) is 3.13. The van der Waals surface area contributed by atoms with Gasteiger partial charge in [0.15, 0.2) is 0 Å². The first-order chi connectivity index (χ1) is 9.88. The van der Waals surface area contributed by atoms with Gasteiger partial charge in [-0.25, -0.2) is 9.97 Å². The average molecular weight is 274 g/mol. The van der Waals surface area contributed by atoms with Gasteiger partial charge in [-0.3, -0.25) is 0 Å². The van der Waals surface area contributed by atoms with E-state index >= 15 is 0 Å². The van der Waals surface area contributed by atoms with E-state index in [1.165, 1.54) is 55.7 Å². The molecule has 2 aliphatic rings. The second kappa shape index (κ2) is 6.53. The highest BCUT2D eigenvalue weighted by Gasteiger charge is 2.24. The Morgan fingerprint density at radius 3 is 3.05 bits per heavy atom. The number of aryl methyl sites for hydroxylation is 1. The first kappa shape index (κ1) is 13.8. The number of hydrogen-bond donors (Lipinski definition) is 1. The maximum absolute atomic E-state index is 4.63. The summed E-state index contributed by atoms with van der Waals surface area (Å²) in [6.45, 7) is 5.66. The van der Waals surface area contributed by atoms with E-state index in [0.717, 1.165) is 25.9 Å². The third kappa shape index (κ3) is 2.95. The zero-order valence-electron chi connectivity index (χ0n) is 12.6. The van der Waals surface area contributed by atoms with E-state index in [1.807, 2.05) is 0 Å². The first-order valence-corrected chi connectivity index (χ1v) is 8.19. The number of nitrogens with zero attached hydrogens (tertiary/aromatic N) is 3. The number of anilines is 1. The molecule has 0 bridgehead atoms. The van der Waals surface area contributed by atoms with Crippen LogP contribution in [0, 0.1) is 0 Å². The number of rotatable bonds is 6. The van der Waals surface area contributed by atoms with Gasteiger partial charge in [0, 0.05) is 30.4 Å². The zero-order valence-corrected chi connectivity index (χ0v) is 12.6. The lowest BCUT2D eigenvalue weighted by Gasteiger charge is -2.28. The highest BCUT2D eigenvalue weighted by molar-refractivity contribution is 5.50. The fourth-order valence-electron chi connectivity index (χ4n) is 3.43. The predicted molar refractivity (Wildman–Crippen MR) is 82.2 cm³/mol. The normalized spacial score (nSPS) is 21.1. The maximum Gasteiger partial charge on any atom is 0.135 e. The number of aromatic nitrogens is 2. The molecule has 3 rings (SSSR count). The molecule has 1 aromatic heterocycles. The van der Waals surface area contributed by atoms with Gasteiger partial charge >= 0.3 is 0 Å². The third-order valence-corrected chi connectivity index (χ3v) is 4.54. The number of fused-ring (bicyclic) bond motifs is 1. The second-order valence-electron chi connectivity index (χ2n) is 6.07. The van der Waals surface area contributed by atoms with E-state index in [4.69, 9.17) is 0 Å². The molecule has 0 saturated carbocycles. The van der Waals surface area contributed by atoms with Gasteiger partial charge in [0.2, 0.25) is 0 Å². The second-order valence-corrected chi connectivity index (χ2v) is 6.07. The molecule has 1 atom stereocenters. The van der Waals surface area contributed by atoms with Gasteiger partial charge in [0.1, 0.15) is 12.1 Å². The van der Waals surface area contributed by atoms with Crippen LogP contribution in [-0.2, 0) is 12.8 Å². The molecule has 0 aromatic carbocycles. The maximum atomic E-state index is 4.63. The van der Waals surface area contributed by atoms with Crippen molar-refractivity contribution in [2.24, 2.45) is 0 Å². The summed E-state index contributed by atoms with van der Waals surface area (Å²) in [5.41, 5.74) is 2.71. The van der Waals surface area contributed by atoms with Gasteiger partial charge in [-0.15, -0.1) is 0 Å². The summed E-state index contributed by atoms with van der Waals surface area (Å²) in [7, 11) is 0. The first-order valence-electron chi connectivity index (χ1n) is 8.19. The van der Waals surface area contributed by atoms with Crippen molar-refractivity contribution in [3.63, 3.8) is 0 Å². The van der Waals surface area contributed by atoms with Crippen molar-refractivity contribution < 1.29 is 0 Å². The highest BCUT2D eigenvalue weighted by atomic mass is 15.2. The molecule has 20 heavy (non-hydrogen) atoms. The van der Waals surface area contributed by atoms with Gasteiger partial charge in [-0.1, -0.05) is 13.3 Å². The topological polar surface area (TPSA) is 41.0 Å². The Kier molecular flexibility index (Phi) is 4.51. The van der Waals surface area contributed by atoms with Crippen molar-refractivity contribution in [3.05, 3.63) is 17.6 Å². The summed E-state index contributed by atoms with van der Waals surface area (Å²) in [5, 5.41) is 3.62. The molecule has 1 aliphatic heterocycles. The SMILES string of the molecule is CCCCN(CC1CCCN1)c1ncnc2c1CCC2. The minimum atomic E-state index is 0.638. The molecule has 1 aliphatic carbocycles. The molecule has 4 nitrogen and oxygen atoms in total. The number of unbranched alkanes of at least 4 members (excludes halogenated alkanes) is 1. The summed E-state index contributed by atoms with van der Waals surface area (Å²) < 4.78 is 0. The molecule has 1 saturated heterocycles. The molecule has 2 heterocycles. The Bertz CT molecular complexity index is 440. The van der Waals surface area contributed by atoms with Gasteiger partial charge in [-0.2, -0.15) is 0 Å². The van der Waals surface area contributed by atoms with Crippen molar-refractivity contribution in [1.82, 2.24) is 15.3 Å². The summed E-state index contributed by atoms with van der Waals surface area (Å²) in [6.07, 6.45) is 10.4. The Balaban J connectivity index is 1.78. The molecule has 1 fully saturated rings. The van der Waals surface area contributed by atoms with Gasteiger partial charge in [0.05, 0.1) is 0 Å². The molecule has 1 N–H and O–H groups in total. The van der Waals surface area contributed by atoms with Crippen LogP contribution in [-0.4, -0.2) is 35.6 Å². The van der Waals surface area contributed by atoms with Gasteiger partial charge in [-0.05, 0) is 45.1 Å². The minimum Gasteiger partial charge on any atom is -0.355 e. The number of hydrogen-bond acceptors (Lipinski definition) is 4. The Labute approximate surface area is 122 Å². The lowest BCUT2D eigenvalue weighted by atomic mass is 10.1. The lowest BCUT2D eigenvalue weighted by Crippen LogP contribution is -2.39. The summed E-state index contributed by atoms with van der Waals surface area (Å²) in [6, 6.07) is 0.638. The van der Waals surface area contributed by atoms with E-state index < -0.39 is 0 Å². The predicted octanol–water partition coefficient (Wildman–Crippen LogP) is 2.32. The van der Waals surface area contributed by atoms with Crippen LogP contribution < -0.4 is 10.2 Å². The molecular formula is C16H26N4. The smallest absolute Gasteiger partial charge is 0.135 e. The monoisotopic (exact) mass is 274 g/mol. The van der Waals surface area contributed by atoms with Crippen molar-refractivity contribution in [2.45, 2.75) is 57.9 Å². The van der Waals surface area contributed by atoms with Crippen molar-refractivity contribution in [2.75, 3.05) is 24.5 Å². The largest absolute Gasteiger partial charge is 0.355 e. The van der Waals surface area contributed by atoms with Crippen LogP contribution in [0.1, 0.15) is 50.3 Å². The van der Waals surface area contributed by atoms with Crippen molar-refractivity contribution >= 4 is 5.82 Å². The summed E-state index contributed by atoms with van der Waals surface area (Å²) in [4.78, 5) is 11.6. The van der Waals surface area contributed by atoms with E-state index in [0.29, 0.717) is 6.04 Å².